The molecule has 2 atom stereocenters. The molecule has 34 heavy (non-hydrogen) atoms. The zero-order chi connectivity index (χ0) is 24.1. The van der Waals surface area contributed by atoms with E-state index in [1.54, 1.807) is 15.9 Å². The van der Waals surface area contributed by atoms with Crippen LogP contribution in [0.25, 0.3) is 0 Å². The lowest BCUT2D eigenvalue weighted by Gasteiger charge is -2.38. The number of fused-ring (bicyclic) bond motifs is 1. The maximum absolute atomic E-state index is 13.2. The van der Waals surface area contributed by atoms with Gasteiger partial charge in [0.2, 0.25) is 17.9 Å². The van der Waals surface area contributed by atoms with Crippen molar-refractivity contribution in [3.05, 3.63) is 60.2 Å². The fourth-order valence-corrected chi connectivity index (χ4v) is 4.21. The Bertz CT molecular complexity index is 1020. The first kappa shape index (κ1) is 23.6. The van der Waals surface area contributed by atoms with Crippen molar-refractivity contribution in [3.63, 3.8) is 0 Å². The number of nitrogens with zero attached hydrogens (tertiary/aromatic N) is 2. The number of ether oxygens (including phenoxy) is 2. The fraction of sp³-hybridized carbons (Fsp3) is 0.423. The predicted molar refractivity (Wildman–Crippen MR) is 126 cm³/mol. The number of carbonyl (C=O) groups excluding carboxylic acids is 3. The van der Waals surface area contributed by atoms with Crippen LogP contribution in [0.5, 0.6) is 11.5 Å². The Labute approximate surface area is 199 Å². The summed E-state index contributed by atoms with van der Waals surface area (Å²) in [6.07, 6.45) is -0.468. The first-order valence-corrected chi connectivity index (χ1v) is 11.7. The van der Waals surface area contributed by atoms with Crippen molar-refractivity contribution in [1.29, 1.82) is 0 Å². The molecule has 2 aliphatic heterocycles. The van der Waals surface area contributed by atoms with Crippen LogP contribution in [0.1, 0.15) is 19.4 Å². The van der Waals surface area contributed by atoms with Crippen LogP contribution < -0.4 is 14.8 Å². The highest BCUT2D eigenvalue weighted by Crippen LogP contribution is 2.31. The third-order valence-electron chi connectivity index (χ3n) is 6.14. The third kappa shape index (κ3) is 5.50. The predicted octanol–water partition coefficient (Wildman–Crippen LogP) is 1.88. The highest BCUT2D eigenvalue weighted by atomic mass is 16.6. The molecule has 2 aliphatic rings. The van der Waals surface area contributed by atoms with E-state index in [1.165, 1.54) is 0 Å². The highest BCUT2D eigenvalue weighted by molar-refractivity contribution is 5.89. The Hall–Kier alpha value is -3.55. The molecule has 3 amide bonds. The van der Waals surface area contributed by atoms with Crippen molar-refractivity contribution in [2.45, 2.75) is 32.4 Å². The van der Waals surface area contributed by atoms with Crippen molar-refractivity contribution in [2.24, 2.45) is 5.92 Å². The van der Waals surface area contributed by atoms with Gasteiger partial charge in [-0.2, -0.15) is 0 Å². The average Bonchev–Trinajstić information content (AvgIpc) is 2.86. The van der Waals surface area contributed by atoms with Crippen molar-refractivity contribution < 1.29 is 23.9 Å². The summed E-state index contributed by atoms with van der Waals surface area (Å²) in [5.41, 5.74) is 0.901. The summed E-state index contributed by atoms with van der Waals surface area (Å²) in [6, 6.07) is 16.1. The van der Waals surface area contributed by atoms with Crippen LogP contribution in [0, 0.1) is 5.92 Å². The summed E-state index contributed by atoms with van der Waals surface area (Å²) < 4.78 is 11.5. The molecular formula is C26H31N3O5. The summed E-state index contributed by atoms with van der Waals surface area (Å²) in [5, 5.41) is 2.91. The molecule has 2 aromatic rings. The molecular weight excluding hydrogens is 434 g/mol. The van der Waals surface area contributed by atoms with Gasteiger partial charge in [-0.25, -0.2) is 0 Å². The summed E-state index contributed by atoms with van der Waals surface area (Å²) in [5.74, 6) is 0.706. The third-order valence-corrected chi connectivity index (χ3v) is 6.14. The Kier molecular flexibility index (Phi) is 7.35. The first-order valence-electron chi connectivity index (χ1n) is 11.7. The number of carbonyl (C=O) groups is 3. The quantitative estimate of drug-likeness (QED) is 0.704. The number of amides is 3. The van der Waals surface area contributed by atoms with Gasteiger partial charge in [-0.3, -0.25) is 14.4 Å². The molecule has 0 saturated carbocycles. The molecule has 0 radical (unpaired) electrons. The molecule has 0 aromatic heterocycles. The van der Waals surface area contributed by atoms with E-state index in [0.29, 0.717) is 37.7 Å². The van der Waals surface area contributed by atoms with Crippen LogP contribution in [0.2, 0.25) is 0 Å². The van der Waals surface area contributed by atoms with E-state index in [4.69, 9.17) is 9.47 Å². The lowest BCUT2D eigenvalue weighted by Crippen LogP contribution is -2.59. The van der Waals surface area contributed by atoms with E-state index in [9.17, 15) is 14.4 Å². The Morgan fingerprint density at radius 2 is 1.53 bits per heavy atom. The van der Waals surface area contributed by atoms with Gasteiger partial charge in [0.25, 0.3) is 5.91 Å². The minimum absolute atomic E-state index is 0.0558. The van der Waals surface area contributed by atoms with Gasteiger partial charge in [-0.15, -0.1) is 0 Å². The van der Waals surface area contributed by atoms with E-state index < -0.39 is 12.1 Å². The summed E-state index contributed by atoms with van der Waals surface area (Å²) in [7, 11) is 0. The summed E-state index contributed by atoms with van der Waals surface area (Å²) >= 11 is 0. The largest absolute Gasteiger partial charge is 0.485 e. The molecule has 180 valence electrons. The highest BCUT2D eigenvalue weighted by Gasteiger charge is 2.35. The van der Waals surface area contributed by atoms with Gasteiger partial charge in [0, 0.05) is 26.2 Å². The van der Waals surface area contributed by atoms with Gasteiger partial charge in [0.1, 0.15) is 12.6 Å². The van der Waals surface area contributed by atoms with E-state index in [1.807, 2.05) is 62.4 Å². The molecule has 0 aliphatic carbocycles. The molecule has 1 N–H and O–H groups in total. The summed E-state index contributed by atoms with van der Waals surface area (Å²) in [4.78, 5) is 42.2. The average molecular weight is 466 g/mol. The van der Waals surface area contributed by atoms with Gasteiger partial charge in [0.15, 0.2) is 11.5 Å². The van der Waals surface area contributed by atoms with E-state index in [-0.39, 0.29) is 36.7 Å². The lowest BCUT2D eigenvalue weighted by molar-refractivity contribution is -0.147. The lowest BCUT2D eigenvalue weighted by atomic mass is 10.0. The Morgan fingerprint density at radius 1 is 0.912 bits per heavy atom. The topological polar surface area (TPSA) is 88.2 Å². The van der Waals surface area contributed by atoms with E-state index >= 15 is 0 Å². The van der Waals surface area contributed by atoms with Crippen molar-refractivity contribution in [3.8, 4) is 11.5 Å². The normalized spacial score (nSPS) is 18.4. The van der Waals surface area contributed by atoms with Crippen molar-refractivity contribution >= 4 is 17.7 Å². The number of piperazine rings is 1. The van der Waals surface area contributed by atoms with Crippen molar-refractivity contribution in [2.75, 3.05) is 32.8 Å². The fourth-order valence-electron chi connectivity index (χ4n) is 4.21. The van der Waals surface area contributed by atoms with Crippen LogP contribution >= 0.6 is 0 Å². The number of hydrogen-bond donors (Lipinski definition) is 1. The Morgan fingerprint density at radius 3 is 2.21 bits per heavy atom. The van der Waals surface area contributed by atoms with E-state index in [2.05, 4.69) is 5.32 Å². The molecule has 8 nitrogen and oxygen atoms in total. The first-order chi connectivity index (χ1) is 16.4. The molecule has 0 unspecified atom stereocenters. The van der Waals surface area contributed by atoms with Gasteiger partial charge < -0.3 is 24.6 Å². The van der Waals surface area contributed by atoms with Crippen LogP contribution in [0.15, 0.2) is 54.6 Å². The second-order valence-electron chi connectivity index (χ2n) is 8.97. The minimum atomic E-state index is -0.696. The van der Waals surface area contributed by atoms with Gasteiger partial charge >= 0.3 is 0 Å². The monoisotopic (exact) mass is 465 g/mol. The second kappa shape index (κ2) is 10.6. The Balaban J connectivity index is 1.30. The van der Waals surface area contributed by atoms with Gasteiger partial charge in [-0.05, 0) is 23.6 Å². The van der Waals surface area contributed by atoms with Crippen LogP contribution in [-0.2, 0) is 20.8 Å². The molecule has 4 rings (SSSR count). The number of benzene rings is 2. The number of rotatable bonds is 6. The molecule has 1 fully saturated rings. The molecule has 8 heteroatoms. The van der Waals surface area contributed by atoms with Crippen LogP contribution in [0.3, 0.4) is 0 Å². The zero-order valence-electron chi connectivity index (χ0n) is 19.6. The number of nitrogens with one attached hydrogen (secondary N) is 1. The minimum Gasteiger partial charge on any atom is -0.485 e. The SMILES string of the molecule is CC(C)[C@@H](NC(=O)Cc1ccccc1)C(=O)N1CCN(C(=O)[C@H]2COc3ccccc3O2)CC1. The van der Waals surface area contributed by atoms with Crippen molar-refractivity contribution in [1.82, 2.24) is 15.1 Å². The van der Waals surface area contributed by atoms with Gasteiger partial charge in [-0.1, -0.05) is 56.3 Å². The second-order valence-corrected chi connectivity index (χ2v) is 8.97. The molecule has 2 aromatic carbocycles. The standard InChI is InChI=1S/C26H31N3O5/c1-18(2)24(27-23(30)16-19-8-4-3-5-9-19)26(32)29-14-12-28(13-15-29)25(31)22-17-33-20-10-6-7-11-21(20)34-22/h3-11,18,22,24H,12-17H2,1-2H3,(H,27,30)/t22-,24-/m1/s1. The zero-order valence-corrected chi connectivity index (χ0v) is 19.6. The molecule has 2 heterocycles. The smallest absolute Gasteiger partial charge is 0.267 e. The van der Waals surface area contributed by atoms with E-state index in [0.717, 1.165) is 5.56 Å². The van der Waals surface area contributed by atoms with Gasteiger partial charge in [0.05, 0.1) is 6.42 Å². The van der Waals surface area contributed by atoms with Crippen LogP contribution in [-0.4, -0.2) is 72.5 Å². The number of para-hydroxylation sites is 2. The summed E-state index contributed by atoms with van der Waals surface area (Å²) in [6.45, 7) is 5.65. The molecule has 1 saturated heterocycles. The molecule has 0 spiro atoms. The maximum atomic E-state index is 13.2. The maximum Gasteiger partial charge on any atom is 0.267 e. The van der Waals surface area contributed by atoms with Crippen LogP contribution in [0.4, 0.5) is 0 Å². The number of hydrogen-bond acceptors (Lipinski definition) is 5. The molecule has 0 bridgehead atoms.